The van der Waals surface area contributed by atoms with E-state index in [1.54, 1.807) is 6.07 Å². The molecule has 0 radical (unpaired) electrons. The van der Waals surface area contributed by atoms with Gasteiger partial charge in [0.1, 0.15) is 5.75 Å². The maximum Gasteiger partial charge on any atom is 0.461 e. The van der Waals surface area contributed by atoms with Crippen molar-refractivity contribution in [1.29, 1.82) is 0 Å². The van der Waals surface area contributed by atoms with Crippen molar-refractivity contribution in [2.24, 2.45) is 5.92 Å². The lowest BCUT2D eigenvalue weighted by atomic mass is 10.1. The van der Waals surface area contributed by atoms with Crippen molar-refractivity contribution in [2.75, 3.05) is 25.0 Å². The Labute approximate surface area is 189 Å². The summed E-state index contributed by atoms with van der Waals surface area (Å²) in [5, 5.41) is 4.64. The number of alkyl halides is 4. The van der Waals surface area contributed by atoms with Gasteiger partial charge in [-0.3, -0.25) is 4.79 Å². The fourth-order valence-electron chi connectivity index (χ4n) is 3.48. The van der Waals surface area contributed by atoms with Gasteiger partial charge in [-0.1, -0.05) is 35.1 Å². The number of anilines is 1. The molecule has 0 unspecified atom stereocenters. The lowest BCUT2D eigenvalue weighted by molar-refractivity contribution is -0.253. The van der Waals surface area contributed by atoms with Gasteiger partial charge in [0.15, 0.2) is 5.13 Å². The zero-order valence-corrected chi connectivity index (χ0v) is 18.1. The minimum Gasteiger partial charge on any atom is -0.427 e. The van der Waals surface area contributed by atoms with Gasteiger partial charge in [0.25, 0.3) is 5.91 Å². The molecular formula is C21H18ClF4N3O2S. The van der Waals surface area contributed by atoms with E-state index < -0.39 is 24.2 Å². The molecule has 0 bridgehead atoms. The highest BCUT2D eigenvalue weighted by atomic mass is 35.5. The third kappa shape index (κ3) is 4.91. The first-order valence-corrected chi connectivity index (χ1v) is 11.0. The molecule has 170 valence electrons. The molecule has 0 spiro atoms. The molecule has 1 saturated heterocycles. The number of benzene rings is 2. The minimum absolute atomic E-state index is 0.116. The Bertz CT molecular complexity index is 1130. The molecule has 1 amide bonds. The van der Waals surface area contributed by atoms with Crippen LogP contribution in [0.3, 0.4) is 0 Å². The predicted octanol–water partition coefficient (Wildman–Crippen LogP) is 5.76. The van der Waals surface area contributed by atoms with E-state index in [1.165, 1.54) is 34.4 Å². The first kappa shape index (κ1) is 22.6. The average Bonchev–Trinajstić information content (AvgIpc) is 3.38. The second-order valence-corrected chi connectivity index (χ2v) is 8.85. The summed E-state index contributed by atoms with van der Waals surface area (Å²) < 4.78 is 56.9. The summed E-state index contributed by atoms with van der Waals surface area (Å²) in [7, 11) is 0. The number of carbonyl (C=O) groups is 1. The van der Waals surface area contributed by atoms with Crippen molar-refractivity contribution in [3.8, 4) is 5.75 Å². The lowest BCUT2D eigenvalue weighted by Gasteiger charge is -2.21. The monoisotopic (exact) mass is 487 g/mol. The first-order valence-electron chi connectivity index (χ1n) is 9.76. The lowest BCUT2D eigenvalue weighted by Crippen LogP contribution is -2.35. The van der Waals surface area contributed by atoms with Gasteiger partial charge in [0.2, 0.25) is 0 Å². The van der Waals surface area contributed by atoms with Crippen molar-refractivity contribution in [3.05, 3.63) is 53.1 Å². The molecule has 0 saturated carbocycles. The highest BCUT2D eigenvalue weighted by Gasteiger charge is 2.44. The highest BCUT2D eigenvalue weighted by molar-refractivity contribution is 7.22. The minimum atomic E-state index is -4.69. The fourth-order valence-corrected chi connectivity index (χ4v) is 4.63. The molecule has 5 nitrogen and oxygen atoms in total. The normalized spacial score (nSPS) is 16.7. The molecule has 32 heavy (non-hydrogen) atoms. The Balaban J connectivity index is 1.38. The van der Waals surface area contributed by atoms with E-state index in [0.29, 0.717) is 31.1 Å². The zero-order chi connectivity index (χ0) is 22.9. The SMILES string of the molecule is O=C(c1ccccc1OC(F)(F)C(F)F)N1CC[C@@H](CNc2nc3ccc(Cl)cc3s2)C1. The number of likely N-dealkylation sites (tertiary alicyclic amines) is 1. The number of aromatic nitrogens is 1. The molecule has 11 heteroatoms. The molecule has 1 atom stereocenters. The van der Waals surface area contributed by atoms with Crippen molar-refractivity contribution in [1.82, 2.24) is 9.88 Å². The van der Waals surface area contributed by atoms with Gasteiger partial charge in [-0.2, -0.15) is 17.6 Å². The second-order valence-electron chi connectivity index (χ2n) is 7.38. The van der Waals surface area contributed by atoms with E-state index in [0.717, 1.165) is 21.4 Å². The van der Waals surface area contributed by atoms with Crippen LogP contribution in [0.5, 0.6) is 5.75 Å². The number of para-hydroxylation sites is 1. The van der Waals surface area contributed by atoms with Crippen LogP contribution < -0.4 is 10.1 Å². The summed E-state index contributed by atoms with van der Waals surface area (Å²) >= 11 is 7.47. The van der Waals surface area contributed by atoms with Gasteiger partial charge in [0.05, 0.1) is 15.8 Å². The standard InChI is InChI=1S/C21H18ClF4N3O2S/c22-13-5-6-15-17(9-13)32-20(28-15)27-10-12-7-8-29(11-12)18(30)14-3-1-2-4-16(14)31-21(25,26)19(23)24/h1-6,9,12,19H,7-8,10-11H2,(H,27,28)/t12-/m0/s1. The number of nitrogens with zero attached hydrogens (tertiary/aromatic N) is 2. The van der Waals surface area contributed by atoms with Gasteiger partial charge in [-0.25, -0.2) is 4.98 Å². The number of hydrogen-bond acceptors (Lipinski definition) is 5. The number of halogens is 5. The third-order valence-corrected chi connectivity index (χ3v) is 6.29. The number of rotatable bonds is 7. The number of thiazole rings is 1. The summed E-state index contributed by atoms with van der Waals surface area (Å²) in [5.74, 6) is -0.995. The van der Waals surface area contributed by atoms with Crippen molar-refractivity contribution in [2.45, 2.75) is 19.0 Å². The van der Waals surface area contributed by atoms with E-state index in [1.807, 2.05) is 12.1 Å². The van der Waals surface area contributed by atoms with Crippen molar-refractivity contribution < 1.29 is 27.1 Å². The Kier molecular flexibility index (Phi) is 6.43. The number of ether oxygens (including phenoxy) is 1. The zero-order valence-electron chi connectivity index (χ0n) is 16.5. The van der Waals surface area contributed by atoms with Gasteiger partial charge < -0.3 is 15.0 Å². The van der Waals surface area contributed by atoms with Crippen molar-refractivity contribution in [3.63, 3.8) is 0 Å². The quantitative estimate of drug-likeness (QED) is 0.430. The highest BCUT2D eigenvalue weighted by Crippen LogP contribution is 2.32. The topological polar surface area (TPSA) is 54.5 Å². The number of hydrogen-bond donors (Lipinski definition) is 1. The van der Waals surface area contributed by atoms with Gasteiger partial charge in [-0.15, -0.1) is 0 Å². The fraction of sp³-hybridized carbons (Fsp3) is 0.333. The van der Waals surface area contributed by atoms with Gasteiger partial charge >= 0.3 is 12.5 Å². The third-order valence-electron chi connectivity index (χ3n) is 5.08. The summed E-state index contributed by atoms with van der Waals surface area (Å²) in [6.07, 6.45) is -7.99. The Morgan fingerprint density at radius 3 is 2.88 bits per heavy atom. The Hall–Kier alpha value is -2.59. The molecular weight excluding hydrogens is 470 g/mol. The van der Waals surface area contributed by atoms with Crippen LogP contribution in [0.15, 0.2) is 42.5 Å². The Morgan fingerprint density at radius 2 is 2.09 bits per heavy atom. The summed E-state index contributed by atoms with van der Waals surface area (Å²) in [6.45, 7) is 1.38. The maximum absolute atomic E-state index is 13.4. The van der Waals surface area contributed by atoms with Crippen LogP contribution >= 0.6 is 22.9 Å². The van der Waals surface area contributed by atoms with E-state index in [4.69, 9.17) is 11.6 Å². The molecule has 1 fully saturated rings. The summed E-state index contributed by atoms with van der Waals surface area (Å²) in [4.78, 5) is 18.9. The maximum atomic E-state index is 13.4. The number of fused-ring (bicyclic) bond motifs is 1. The Morgan fingerprint density at radius 1 is 1.31 bits per heavy atom. The van der Waals surface area contributed by atoms with E-state index in [-0.39, 0.29) is 11.5 Å². The molecule has 1 N–H and O–H groups in total. The average molecular weight is 488 g/mol. The van der Waals surface area contributed by atoms with Gasteiger partial charge in [0, 0.05) is 24.7 Å². The second kappa shape index (κ2) is 9.11. The van der Waals surface area contributed by atoms with Crippen LogP contribution in [0.2, 0.25) is 5.02 Å². The smallest absolute Gasteiger partial charge is 0.427 e. The van der Waals surface area contributed by atoms with E-state index >= 15 is 0 Å². The molecule has 4 rings (SSSR count). The molecule has 2 heterocycles. The number of carbonyl (C=O) groups excluding carboxylic acids is 1. The van der Waals surface area contributed by atoms with Gasteiger partial charge in [-0.05, 0) is 42.7 Å². The number of amides is 1. The van der Waals surface area contributed by atoms with Crippen LogP contribution in [-0.2, 0) is 0 Å². The molecule has 1 aliphatic rings. The van der Waals surface area contributed by atoms with Crippen LogP contribution in [0.4, 0.5) is 22.7 Å². The van der Waals surface area contributed by atoms with Crippen LogP contribution in [0, 0.1) is 5.92 Å². The summed E-state index contributed by atoms with van der Waals surface area (Å²) in [6, 6.07) is 10.6. The summed E-state index contributed by atoms with van der Waals surface area (Å²) in [5.41, 5.74) is 0.659. The van der Waals surface area contributed by atoms with Crippen LogP contribution in [0.1, 0.15) is 16.8 Å². The van der Waals surface area contributed by atoms with E-state index in [2.05, 4.69) is 15.0 Å². The van der Waals surface area contributed by atoms with Crippen molar-refractivity contribution >= 4 is 44.2 Å². The largest absolute Gasteiger partial charge is 0.461 e. The number of nitrogens with one attached hydrogen (secondary N) is 1. The molecule has 1 aliphatic heterocycles. The van der Waals surface area contributed by atoms with Crippen LogP contribution in [0.25, 0.3) is 10.2 Å². The molecule has 1 aromatic heterocycles. The molecule has 0 aliphatic carbocycles. The molecule has 2 aromatic carbocycles. The van der Waals surface area contributed by atoms with Crippen LogP contribution in [-0.4, -0.2) is 48.0 Å². The predicted molar refractivity (Wildman–Crippen MR) is 115 cm³/mol. The first-order chi connectivity index (χ1) is 15.2. The van der Waals surface area contributed by atoms with E-state index in [9.17, 15) is 22.4 Å². The molecule has 3 aromatic rings.